The van der Waals surface area contributed by atoms with Gasteiger partial charge in [0.25, 0.3) is 0 Å². The first-order valence-corrected chi connectivity index (χ1v) is 7.85. The second kappa shape index (κ2) is 6.44. The first-order chi connectivity index (χ1) is 10.2. The van der Waals surface area contributed by atoms with Crippen molar-refractivity contribution in [2.75, 3.05) is 0 Å². The smallest absolute Gasteiger partial charge is 0.416 e. The van der Waals surface area contributed by atoms with Crippen molar-refractivity contribution >= 4 is 16.0 Å². The lowest BCUT2D eigenvalue weighted by Gasteiger charge is -2.25. The molecule has 0 saturated heterocycles. The summed E-state index contributed by atoms with van der Waals surface area (Å²) in [7, 11) is -4.60. The summed E-state index contributed by atoms with van der Waals surface area (Å²) in [5.41, 5.74) is -2.58. The Hall–Kier alpha value is -1.68. The second-order valence-corrected chi connectivity index (χ2v) is 7.18. The van der Waals surface area contributed by atoms with E-state index in [0.29, 0.717) is 12.1 Å². The number of carboxylic acid groups (broad SMARTS) is 1. The minimum atomic E-state index is -4.82. The van der Waals surface area contributed by atoms with Gasteiger partial charge < -0.3 is 5.11 Å². The Labute approximate surface area is 130 Å². The summed E-state index contributed by atoms with van der Waals surface area (Å²) in [6.45, 7) is 2.69. The molecular formula is C13H15F4NO4S. The van der Waals surface area contributed by atoms with Crippen molar-refractivity contribution < 1.29 is 35.9 Å². The summed E-state index contributed by atoms with van der Waals surface area (Å²) in [5, 5.41) is 8.60. The number of carboxylic acids is 1. The Morgan fingerprint density at radius 3 is 2.30 bits per heavy atom. The predicted molar refractivity (Wildman–Crippen MR) is 72.7 cm³/mol. The normalized spacial score (nSPS) is 13.1. The number of sulfonamides is 1. The largest absolute Gasteiger partial charge is 0.481 e. The van der Waals surface area contributed by atoms with Crippen LogP contribution in [0.2, 0.25) is 0 Å². The molecule has 0 spiro atoms. The highest BCUT2D eigenvalue weighted by Gasteiger charge is 2.34. The Morgan fingerprint density at radius 2 is 1.83 bits per heavy atom. The summed E-state index contributed by atoms with van der Waals surface area (Å²) in [4.78, 5) is 9.39. The number of alkyl halides is 3. The molecule has 5 nitrogen and oxygen atoms in total. The van der Waals surface area contributed by atoms with Gasteiger partial charge in [-0.2, -0.15) is 13.2 Å². The third kappa shape index (κ3) is 5.47. The third-order valence-electron chi connectivity index (χ3n) is 2.92. The zero-order chi connectivity index (χ0) is 18.1. The third-order valence-corrected chi connectivity index (χ3v) is 4.64. The van der Waals surface area contributed by atoms with Gasteiger partial charge in [0.05, 0.1) is 5.56 Å². The Balaban J connectivity index is 3.16. The van der Waals surface area contributed by atoms with Crippen molar-refractivity contribution in [3.8, 4) is 0 Å². The molecule has 0 aliphatic heterocycles. The number of carbonyl (C=O) groups is 1. The van der Waals surface area contributed by atoms with Crippen molar-refractivity contribution in [3.05, 3.63) is 29.6 Å². The van der Waals surface area contributed by atoms with E-state index in [-0.39, 0.29) is 18.9 Å². The molecular weight excluding hydrogens is 342 g/mol. The molecule has 10 heteroatoms. The number of hydrogen-bond acceptors (Lipinski definition) is 3. The van der Waals surface area contributed by atoms with Gasteiger partial charge >= 0.3 is 12.1 Å². The number of nitrogens with one attached hydrogen (secondary N) is 1. The van der Waals surface area contributed by atoms with E-state index in [2.05, 4.69) is 0 Å². The van der Waals surface area contributed by atoms with E-state index in [0.717, 1.165) is 0 Å². The quantitative estimate of drug-likeness (QED) is 0.767. The first-order valence-electron chi connectivity index (χ1n) is 6.37. The van der Waals surface area contributed by atoms with Gasteiger partial charge in [-0.15, -0.1) is 0 Å². The van der Waals surface area contributed by atoms with Crippen molar-refractivity contribution in [3.63, 3.8) is 0 Å². The molecule has 0 aromatic heterocycles. The van der Waals surface area contributed by atoms with Gasteiger partial charge in [0.15, 0.2) is 0 Å². The molecule has 23 heavy (non-hydrogen) atoms. The molecule has 130 valence electrons. The standard InChI is InChI=1S/C13H15F4NO4S/c1-12(2,6-5-11(19)20)18-23(21,22)10-7-8(13(15,16)17)3-4-9(10)14/h3-4,7,18H,5-6H2,1-2H3,(H,19,20). The van der Waals surface area contributed by atoms with Gasteiger partial charge in [-0.1, -0.05) is 0 Å². The molecule has 0 radical (unpaired) electrons. The molecule has 0 unspecified atom stereocenters. The molecule has 0 bridgehead atoms. The van der Waals surface area contributed by atoms with E-state index >= 15 is 0 Å². The fraction of sp³-hybridized carbons (Fsp3) is 0.462. The minimum Gasteiger partial charge on any atom is -0.481 e. The summed E-state index contributed by atoms with van der Waals surface area (Å²) < 4.78 is 77.8. The molecule has 0 aliphatic carbocycles. The van der Waals surface area contributed by atoms with Crippen LogP contribution in [0.25, 0.3) is 0 Å². The number of aliphatic carboxylic acids is 1. The van der Waals surface area contributed by atoms with Crippen LogP contribution < -0.4 is 4.72 Å². The van der Waals surface area contributed by atoms with E-state index < -0.39 is 44.0 Å². The highest BCUT2D eigenvalue weighted by Crippen LogP contribution is 2.31. The zero-order valence-corrected chi connectivity index (χ0v) is 13.1. The molecule has 1 rings (SSSR count). The lowest BCUT2D eigenvalue weighted by atomic mass is 10.0. The van der Waals surface area contributed by atoms with E-state index in [4.69, 9.17) is 5.11 Å². The highest BCUT2D eigenvalue weighted by atomic mass is 32.2. The first kappa shape index (κ1) is 19.4. The average molecular weight is 357 g/mol. The van der Waals surface area contributed by atoms with E-state index in [1.165, 1.54) is 13.8 Å². The molecule has 2 N–H and O–H groups in total. The number of halogens is 4. The molecule has 0 aliphatic rings. The van der Waals surface area contributed by atoms with Gasteiger partial charge in [-0.05, 0) is 38.5 Å². The Kier molecular flexibility index (Phi) is 5.42. The molecule has 0 amide bonds. The lowest BCUT2D eigenvalue weighted by molar-refractivity contribution is -0.138. The maximum Gasteiger partial charge on any atom is 0.416 e. The van der Waals surface area contributed by atoms with Gasteiger partial charge in [0.2, 0.25) is 10.0 Å². The molecule has 1 aromatic rings. The van der Waals surface area contributed by atoms with Crippen molar-refractivity contribution in [1.29, 1.82) is 0 Å². The van der Waals surface area contributed by atoms with Crippen molar-refractivity contribution in [2.24, 2.45) is 0 Å². The van der Waals surface area contributed by atoms with Gasteiger partial charge in [0.1, 0.15) is 10.7 Å². The van der Waals surface area contributed by atoms with E-state index in [1.807, 2.05) is 4.72 Å². The maximum atomic E-state index is 13.7. The average Bonchev–Trinajstić information content (AvgIpc) is 2.34. The fourth-order valence-corrected chi connectivity index (χ4v) is 3.32. The summed E-state index contributed by atoms with van der Waals surface area (Å²) in [5.74, 6) is -2.50. The lowest BCUT2D eigenvalue weighted by Crippen LogP contribution is -2.43. The Morgan fingerprint density at radius 1 is 1.26 bits per heavy atom. The highest BCUT2D eigenvalue weighted by molar-refractivity contribution is 7.89. The number of rotatable bonds is 6. The summed E-state index contributed by atoms with van der Waals surface area (Å²) in [6.07, 6.45) is -5.31. The molecule has 0 atom stereocenters. The fourth-order valence-electron chi connectivity index (χ4n) is 1.77. The SMILES string of the molecule is CC(C)(CCC(=O)O)NS(=O)(=O)c1cc(C(F)(F)F)ccc1F. The molecule has 0 fully saturated rings. The zero-order valence-electron chi connectivity index (χ0n) is 12.2. The van der Waals surface area contributed by atoms with Crippen LogP contribution in [-0.2, 0) is 21.0 Å². The van der Waals surface area contributed by atoms with Crippen LogP contribution in [0.5, 0.6) is 0 Å². The molecule has 0 heterocycles. The minimum absolute atomic E-state index is 0.123. The van der Waals surface area contributed by atoms with Crippen LogP contribution in [0.4, 0.5) is 17.6 Å². The van der Waals surface area contributed by atoms with Crippen LogP contribution in [0, 0.1) is 5.82 Å². The monoisotopic (exact) mass is 357 g/mol. The maximum absolute atomic E-state index is 13.7. The summed E-state index contributed by atoms with van der Waals surface area (Å²) in [6, 6.07) is 1.05. The van der Waals surface area contributed by atoms with Crippen LogP contribution in [0.15, 0.2) is 23.1 Å². The van der Waals surface area contributed by atoms with Gasteiger partial charge in [-0.25, -0.2) is 17.5 Å². The van der Waals surface area contributed by atoms with Crippen LogP contribution in [-0.4, -0.2) is 25.0 Å². The van der Waals surface area contributed by atoms with Crippen LogP contribution in [0.1, 0.15) is 32.3 Å². The number of hydrogen-bond donors (Lipinski definition) is 2. The topological polar surface area (TPSA) is 83.5 Å². The van der Waals surface area contributed by atoms with Crippen LogP contribution in [0.3, 0.4) is 0 Å². The van der Waals surface area contributed by atoms with Crippen LogP contribution >= 0.6 is 0 Å². The Bertz CT molecular complexity index is 698. The summed E-state index contributed by atoms with van der Waals surface area (Å²) >= 11 is 0. The van der Waals surface area contributed by atoms with E-state index in [1.54, 1.807) is 0 Å². The molecule has 1 aromatic carbocycles. The number of benzene rings is 1. The van der Waals surface area contributed by atoms with Crippen molar-refractivity contribution in [2.45, 2.75) is 43.3 Å². The van der Waals surface area contributed by atoms with E-state index in [9.17, 15) is 30.8 Å². The van der Waals surface area contributed by atoms with Crippen molar-refractivity contribution in [1.82, 2.24) is 4.72 Å². The van der Waals surface area contributed by atoms with Gasteiger partial charge in [0, 0.05) is 12.0 Å². The predicted octanol–water partition coefficient (Wildman–Crippen LogP) is 2.77. The van der Waals surface area contributed by atoms with Gasteiger partial charge in [-0.3, -0.25) is 4.79 Å². The molecule has 0 saturated carbocycles. The second-order valence-electron chi connectivity index (χ2n) is 5.53.